The molecule has 1 saturated heterocycles. The van der Waals surface area contributed by atoms with Crippen molar-refractivity contribution in [3.8, 4) is 11.1 Å². The summed E-state index contributed by atoms with van der Waals surface area (Å²) in [6, 6.07) is 3.50. The van der Waals surface area contributed by atoms with Gasteiger partial charge in [-0.1, -0.05) is 18.5 Å². The number of aromatic nitrogens is 4. The van der Waals surface area contributed by atoms with Crippen molar-refractivity contribution < 1.29 is 9.31 Å². The monoisotopic (exact) mass is 390 g/mol. The highest BCUT2D eigenvalue weighted by Gasteiger charge is 2.27. The largest absolute Gasteiger partial charge is 0.356 e. The third kappa shape index (κ3) is 3.08. The fourth-order valence-electron chi connectivity index (χ4n) is 3.37. The summed E-state index contributed by atoms with van der Waals surface area (Å²) >= 11 is 6.40. The van der Waals surface area contributed by atoms with Gasteiger partial charge in [-0.2, -0.15) is 19.6 Å². The summed E-state index contributed by atoms with van der Waals surface area (Å²) in [4.78, 5) is 20.7. The lowest BCUT2D eigenvalue weighted by Gasteiger charge is -2.33. The molecule has 1 fully saturated rings. The first-order valence-corrected chi connectivity index (χ1v) is 8.92. The number of halogens is 2. The molecular weight excluding hydrogens is 375 g/mol. The van der Waals surface area contributed by atoms with Gasteiger partial charge in [-0.25, -0.2) is 4.39 Å². The molecular formula is C17H16ClFN6O2. The van der Waals surface area contributed by atoms with Gasteiger partial charge in [0.05, 0.1) is 16.6 Å². The van der Waals surface area contributed by atoms with E-state index in [1.165, 1.54) is 23.0 Å². The molecule has 1 aliphatic rings. The van der Waals surface area contributed by atoms with Gasteiger partial charge in [0.25, 0.3) is 11.5 Å². The van der Waals surface area contributed by atoms with Crippen molar-refractivity contribution in [2.45, 2.75) is 19.8 Å². The number of non-ortho nitro benzene ring substituents is 1. The highest BCUT2D eigenvalue weighted by molar-refractivity contribution is 6.33. The zero-order valence-corrected chi connectivity index (χ0v) is 15.2. The van der Waals surface area contributed by atoms with Crippen LogP contribution in [0.15, 0.2) is 24.5 Å². The molecule has 27 heavy (non-hydrogen) atoms. The van der Waals surface area contributed by atoms with Crippen molar-refractivity contribution in [2.24, 2.45) is 5.92 Å². The molecule has 0 atom stereocenters. The Morgan fingerprint density at radius 2 is 2.07 bits per heavy atom. The average molecular weight is 391 g/mol. The average Bonchev–Trinajstić information content (AvgIpc) is 3.09. The van der Waals surface area contributed by atoms with Crippen LogP contribution in [0.25, 0.3) is 16.9 Å². The smallest absolute Gasteiger partial charge is 0.272 e. The molecule has 0 saturated carbocycles. The predicted octanol–water partition coefficient (Wildman–Crippen LogP) is 3.73. The lowest BCUT2D eigenvalue weighted by atomic mass is 9.98. The maximum absolute atomic E-state index is 14.8. The molecule has 3 heterocycles. The van der Waals surface area contributed by atoms with Crippen molar-refractivity contribution in [2.75, 3.05) is 18.0 Å². The fraction of sp³-hybridized carbons (Fsp3) is 0.353. The van der Waals surface area contributed by atoms with E-state index in [1.807, 2.05) is 0 Å². The van der Waals surface area contributed by atoms with Crippen molar-refractivity contribution in [1.82, 2.24) is 19.6 Å². The van der Waals surface area contributed by atoms with Gasteiger partial charge < -0.3 is 4.90 Å². The molecule has 0 radical (unpaired) electrons. The Hall–Kier alpha value is -2.81. The molecule has 0 spiro atoms. The quantitative estimate of drug-likeness (QED) is 0.384. The molecule has 8 nitrogen and oxygen atoms in total. The Kier molecular flexibility index (Phi) is 4.39. The molecule has 3 aromatic rings. The van der Waals surface area contributed by atoms with Crippen LogP contribution in [0.3, 0.4) is 0 Å². The molecule has 0 unspecified atom stereocenters. The van der Waals surface area contributed by atoms with Gasteiger partial charge in [0.15, 0.2) is 0 Å². The van der Waals surface area contributed by atoms with Gasteiger partial charge in [0.1, 0.15) is 23.1 Å². The van der Waals surface area contributed by atoms with Gasteiger partial charge >= 0.3 is 0 Å². The van der Waals surface area contributed by atoms with Crippen LogP contribution in [0.1, 0.15) is 19.8 Å². The molecule has 0 aliphatic carbocycles. The van der Waals surface area contributed by atoms with Crippen molar-refractivity contribution in [3.63, 3.8) is 0 Å². The summed E-state index contributed by atoms with van der Waals surface area (Å²) in [5.41, 5.74) is 0.177. The van der Waals surface area contributed by atoms with E-state index >= 15 is 0 Å². The zero-order valence-electron chi connectivity index (χ0n) is 14.5. The van der Waals surface area contributed by atoms with E-state index in [2.05, 4.69) is 26.9 Å². The molecule has 0 amide bonds. The Bertz CT molecular complexity index is 1030. The van der Waals surface area contributed by atoms with E-state index in [0.29, 0.717) is 23.1 Å². The Labute approximate surface area is 158 Å². The molecule has 2 aromatic heterocycles. The number of nitro groups is 1. The maximum atomic E-state index is 14.8. The minimum absolute atomic E-state index is 0.0804. The maximum Gasteiger partial charge on any atom is 0.272 e. The molecule has 10 heteroatoms. The standard InChI is InChI=1S/C17H16ClFN6O2/c1-10-4-6-23(7-5-10)16-14(15(18)22-17-20-9-21-24(16)17)12-3-2-11(25(26)27)8-13(12)19/h2-3,8-10H,4-7H2,1H3. The van der Waals surface area contributed by atoms with E-state index in [-0.39, 0.29) is 16.4 Å². The van der Waals surface area contributed by atoms with Gasteiger partial charge in [0.2, 0.25) is 0 Å². The summed E-state index contributed by atoms with van der Waals surface area (Å²) in [6.07, 6.45) is 3.33. The van der Waals surface area contributed by atoms with Crippen LogP contribution in [0.2, 0.25) is 5.15 Å². The number of hydrogen-bond donors (Lipinski definition) is 0. The topological polar surface area (TPSA) is 89.5 Å². The Morgan fingerprint density at radius 1 is 1.33 bits per heavy atom. The molecule has 1 aromatic carbocycles. The van der Waals surface area contributed by atoms with Crippen molar-refractivity contribution in [3.05, 3.63) is 45.6 Å². The van der Waals surface area contributed by atoms with Gasteiger partial charge in [0, 0.05) is 24.7 Å². The molecule has 4 rings (SSSR count). The van der Waals surface area contributed by atoms with E-state index in [4.69, 9.17) is 11.6 Å². The van der Waals surface area contributed by atoms with E-state index < -0.39 is 10.7 Å². The number of rotatable bonds is 3. The van der Waals surface area contributed by atoms with Crippen LogP contribution in [-0.4, -0.2) is 37.6 Å². The number of piperidine rings is 1. The molecule has 1 aliphatic heterocycles. The highest BCUT2D eigenvalue weighted by atomic mass is 35.5. The third-order valence-corrected chi connectivity index (χ3v) is 5.15. The number of nitro benzene ring substituents is 1. The summed E-state index contributed by atoms with van der Waals surface area (Å²) in [7, 11) is 0. The number of fused-ring (bicyclic) bond motifs is 1. The fourth-order valence-corrected chi connectivity index (χ4v) is 3.63. The van der Waals surface area contributed by atoms with Crippen LogP contribution in [-0.2, 0) is 0 Å². The predicted molar refractivity (Wildman–Crippen MR) is 98.5 cm³/mol. The second-order valence-corrected chi connectivity index (χ2v) is 7.02. The summed E-state index contributed by atoms with van der Waals surface area (Å²) in [5.74, 6) is 0.783. The number of anilines is 1. The van der Waals surface area contributed by atoms with Crippen LogP contribution in [0.5, 0.6) is 0 Å². The lowest BCUT2D eigenvalue weighted by Crippen LogP contribution is -2.35. The minimum Gasteiger partial charge on any atom is -0.356 e. The summed E-state index contributed by atoms with van der Waals surface area (Å²) in [6.45, 7) is 3.72. The van der Waals surface area contributed by atoms with E-state index in [1.54, 1.807) is 0 Å². The Morgan fingerprint density at radius 3 is 2.74 bits per heavy atom. The van der Waals surface area contributed by atoms with Gasteiger partial charge in [-0.3, -0.25) is 10.1 Å². The second kappa shape index (κ2) is 6.73. The van der Waals surface area contributed by atoms with Crippen LogP contribution in [0.4, 0.5) is 15.9 Å². The first-order chi connectivity index (χ1) is 13.0. The zero-order chi connectivity index (χ0) is 19.1. The van der Waals surface area contributed by atoms with Crippen molar-refractivity contribution in [1.29, 1.82) is 0 Å². The van der Waals surface area contributed by atoms with Crippen LogP contribution < -0.4 is 4.90 Å². The van der Waals surface area contributed by atoms with Crippen molar-refractivity contribution >= 4 is 28.9 Å². The first-order valence-electron chi connectivity index (χ1n) is 8.54. The highest BCUT2D eigenvalue weighted by Crippen LogP contribution is 2.39. The third-order valence-electron chi connectivity index (χ3n) is 4.87. The van der Waals surface area contributed by atoms with E-state index in [0.717, 1.165) is 32.0 Å². The van der Waals surface area contributed by atoms with Gasteiger partial charge in [-0.15, -0.1) is 0 Å². The molecule has 0 N–H and O–H groups in total. The number of nitrogens with zero attached hydrogens (tertiary/aromatic N) is 6. The number of benzene rings is 1. The normalized spacial score (nSPS) is 15.4. The van der Waals surface area contributed by atoms with Crippen LogP contribution in [0, 0.1) is 21.8 Å². The Balaban J connectivity index is 1.93. The minimum atomic E-state index is -0.737. The molecule has 0 bridgehead atoms. The lowest BCUT2D eigenvalue weighted by molar-refractivity contribution is -0.385. The van der Waals surface area contributed by atoms with Crippen LogP contribution >= 0.6 is 11.6 Å². The summed E-state index contributed by atoms with van der Waals surface area (Å²) in [5, 5.41) is 15.2. The van der Waals surface area contributed by atoms with Gasteiger partial charge in [-0.05, 0) is 24.8 Å². The first kappa shape index (κ1) is 17.6. The molecule has 140 valence electrons. The summed E-state index contributed by atoms with van der Waals surface area (Å²) < 4.78 is 16.3. The number of hydrogen-bond acceptors (Lipinski definition) is 6. The van der Waals surface area contributed by atoms with E-state index in [9.17, 15) is 14.5 Å². The SMILES string of the molecule is CC1CCN(c2c(-c3ccc([N+](=O)[O-])cc3F)c(Cl)nc3ncnn23)CC1. The second-order valence-electron chi connectivity index (χ2n) is 6.66.